The summed E-state index contributed by atoms with van der Waals surface area (Å²) < 4.78 is 10.9. The number of carbonyl (C=O) groups excluding carboxylic acids is 2. The van der Waals surface area contributed by atoms with Crippen LogP contribution in [0.2, 0.25) is 0 Å². The maximum Gasteiger partial charge on any atom is 0.407 e. The van der Waals surface area contributed by atoms with E-state index < -0.39 is 12.1 Å². The number of rotatable bonds is 11. The molecule has 8 heteroatoms. The van der Waals surface area contributed by atoms with E-state index >= 15 is 0 Å². The number of amides is 2. The van der Waals surface area contributed by atoms with Crippen molar-refractivity contribution in [3.05, 3.63) is 59.7 Å². The van der Waals surface area contributed by atoms with Gasteiger partial charge in [-0.25, -0.2) is 4.79 Å². The van der Waals surface area contributed by atoms with Gasteiger partial charge < -0.3 is 24.8 Å². The Morgan fingerprint density at radius 3 is 2.14 bits per heavy atom. The van der Waals surface area contributed by atoms with E-state index in [-0.39, 0.29) is 56.6 Å². The highest BCUT2D eigenvalue weighted by Gasteiger charge is 2.29. The summed E-state index contributed by atoms with van der Waals surface area (Å²) in [5, 5.41) is 11.7. The number of benzene rings is 2. The number of nitrogens with zero attached hydrogens (tertiary/aromatic N) is 1. The molecule has 188 valence electrons. The Balaban J connectivity index is 1.36. The third kappa shape index (κ3) is 7.55. The van der Waals surface area contributed by atoms with Gasteiger partial charge >= 0.3 is 12.1 Å². The zero-order valence-electron chi connectivity index (χ0n) is 20.6. The number of carboxylic acid groups (broad SMARTS) is 1. The normalized spacial score (nSPS) is 12.5. The minimum atomic E-state index is -1.05. The van der Waals surface area contributed by atoms with Crippen molar-refractivity contribution in [3.8, 4) is 11.1 Å². The van der Waals surface area contributed by atoms with Crippen LogP contribution in [0.1, 0.15) is 44.2 Å². The maximum absolute atomic E-state index is 12.4. The second-order valence-electron chi connectivity index (χ2n) is 9.82. The van der Waals surface area contributed by atoms with Crippen LogP contribution in [0.3, 0.4) is 0 Å². The van der Waals surface area contributed by atoms with Crippen LogP contribution in [0.5, 0.6) is 0 Å². The van der Waals surface area contributed by atoms with E-state index in [0.717, 1.165) is 11.1 Å². The largest absolute Gasteiger partial charge is 0.480 e. The highest BCUT2D eigenvalue weighted by atomic mass is 16.5. The fourth-order valence-corrected chi connectivity index (χ4v) is 4.26. The molecule has 0 fully saturated rings. The van der Waals surface area contributed by atoms with Crippen LogP contribution in [0.25, 0.3) is 11.1 Å². The lowest BCUT2D eigenvalue weighted by Crippen LogP contribution is -2.41. The predicted octanol–water partition coefficient (Wildman–Crippen LogP) is 3.89. The summed E-state index contributed by atoms with van der Waals surface area (Å²) in [6.45, 7) is 6.69. The van der Waals surface area contributed by atoms with E-state index in [1.807, 2.05) is 45.0 Å². The van der Waals surface area contributed by atoms with Crippen LogP contribution < -0.4 is 5.32 Å². The first kappa shape index (κ1) is 26.2. The first-order valence-electron chi connectivity index (χ1n) is 11.8. The van der Waals surface area contributed by atoms with Gasteiger partial charge in [0.2, 0.25) is 5.91 Å². The van der Waals surface area contributed by atoms with Crippen LogP contribution in [0.15, 0.2) is 48.5 Å². The summed E-state index contributed by atoms with van der Waals surface area (Å²) in [6, 6.07) is 16.3. The monoisotopic (exact) mass is 482 g/mol. The Morgan fingerprint density at radius 1 is 0.971 bits per heavy atom. The molecule has 2 aromatic carbocycles. The van der Waals surface area contributed by atoms with E-state index in [0.29, 0.717) is 6.54 Å². The van der Waals surface area contributed by atoms with Crippen molar-refractivity contribution in [2.24, 2.45) is 5.41 Å². The SMILES string of the molecule is CC(C)(C)CN(CC(=O)O)C(=O)CCOCCNC(=O)OCC1c2ccccc2-c2ccccc21. The smallest absolute Gasteiger partial charge is 0.407 e. The average molecular weight is 483 g/mol. The summed E-state index contributed by atoms with van der Waals surface area (Å²) in [5.41, 5.74) is 4.43. The van der Waals surface area contributed by atoms with E-state index in [9.17, 15) is 14.4 Å². The van der Waals surface area contributed by atoms with Gasteiger partial charge in [-0.15, -0.1) is 0 Å². The number of hydrogen-bond donors (Lipinski definition) is 2. The average Bonchev–Trinajstić information content (AvgIpc) is 3.12. The van der Waals surface area contributed by atoms with Gasteiger partial charge in [-0.05, 0) is 27.7 Å². The molecule has 0 radical (unpaired) electrons. The van der Waals surface area contributed by atoms with Crippen LogP contribution >= 0.6 is 0 Å². The molecule has 1 aliphatic rings. The molecule has 2 aromatic rings. The maximum atomic E-state index is 12.4. The second-order valence-corrected chi connectivity index (χ2v) is 9.82. The summed E-state index contributed by atoms with van der Waals surface area (Å²) in [6.07, 6.45) is -0.446. The highest BCUT2D eigenvalue weighted by Crippen LogP contribution is 2.44. The number of carbonyl (C=O) groups is 3. The quantitative estimate of drug-likeness (QED) is 0.471. The van der Waals surface area contributed by atoms with Gasteiger partial charge in [0, 0.05) is 19.0 Å². The first-order chi connectivity index (χ1) is 16.7. The molecule has 0 spiro atoms. The molecule has 0 aromatic heterocycles. The van der Waals surface area contributed by atoms with Crippen molar-refractivity contribution in [1.29, 1.82) is 0 Å². The second kappa shape index (κ2) is 11.8. The Bertz CT molecular complexity index is 1000. The standard InChI is InChI=1S/C27H34N2O6/c1-27(2,3)18-29(16-25(31)32)24(30)12-14-34-15-13-28-26(33)35-17-23-21-10-6-4-8-19(21)20-9-5-7-11-22(20)23/h4-11,23H,12-18H2,1-3H3,(H,28,33)(H,31,32). The summed E-state index contributed by atoms with van der Waals surface area (Å²) >= 11 is 0. The van der Waals surface area contributed by atoms with Crippen molar-refractivity contribution < 1.29 is 29.0 Å². The number of carboxylic acids is 1. The van der Waals surface area contributed by atoms with Gasteiger partial charge in [-0.3, -0.25) is 9.59 Å². The molecular weight excluding hydrogens is 448 g/mol. The molecule has 0 aliphatic heterocycles. The Kier molecular flexibility index (Phi) is 8.87. The minimum absolute atomic E-state index is 0.00254. The van der Waals surface area contributed by atoms with Crippen molar-refractivity contribution >= 4 is 18.0 Å². The molecule has 0 atom stereocenters. The number of fused-ring (bicyclic) bond motifs is 3. The zero-order valence-corrected chi connectivity index (χ0v) is 20.6. The number of alkyl carbamates (subject to hydrolysis) is 1. The van der Waals surface area contributed by atoms with Crippen molar-refractivity contribution in [3.63, 3.8) is 0 Å². The molecule has 2 amide bonds. The lowest BCUT2D eigenvalue weighted by molar-refractivity contribution is -0.145. The fraction of sp³-hybridized carbons (Fsp3) is 0.444. The van der Waals surface area contributed by atoms with Gasteiger partial charge in [-0.2, -0.15) is 0 Å². The van der Waals surface area contributed by atoms with Gasteiger partial charge in [0.15, 0.2) is 0 Å². The topological polar surface area (TPSA) is 105 Å². The molecule has 8 nitrogen and oxygen atoms in total. The van der Waals surface area contributed by atoms with Gasteiger partial charge in [0.25, 0.3) is 0 Å². The van der Waals surface area contributed by atoms with Crippen LogP contribution in [0, 0.1) is 5.41 Å². The molecule has 1 aliphatic carbocycles. The van der Waals surface area contributed by atoms with Gasteiger partial charge in [0.05, 0.1) is 19.6 Å². The fourth-order valence-electron chi connectivity index (χ4n) is 4.26. The van der Waals surface area contributed by atoms with Gasteiger partial charge in [0.1, 0.15) is 13.2 Å². The first-order valence-corrected chi connectivity index (χ1v) is 11.8. The van der Waals surface area contributed by atoms with Crippen LogP contribution in [-0.4, -0.2) is 67.4 Å². The molecule has 0 saturated carbocycles. The highest BCUT2D eigenvalue weighted by molar-refractivity contribution is 5.81. The molecule has 0 unspecified atom stereocenters. The molecule has 0 bridgehead atoms. The van der Waals surface area contributed by atoms with Crippen molar-refractivity contribution in [2.75, 3.05) is 39.5 Å². The number of aliphatic carboxylic acids is 1. The molecule has 0 saturated heterocycles. The lowest BCUT2D eigenvalue weighted by Gasteiger charge is -2.28. The molecule has 3 rings (SSSR count). The van der Waals surface area contributed by atoms with Crippen molar-refractivity contribution in [2.45, 2.75) is 33.1 Å². The third-order valence-corrected chi connectivity index (χ3v) is 5.66. The van der Waals surface area contributed by atoms with Gasteiger partial charge in [-0.1, -0.05) is 69.3 Å². The molecule has 0 heterocycles. The third-order valence-electron chi connectivity index (χ3n) is 5.66. The van der Waals surface area contributed by atoms with E-state index in [2.05, 4.69) is 29.6 Å². The zero-order chi connectivity index (χ0) is 25.4. The molecule has 35 heavy (non-hydrogen) atoms. The lowest BCUT2D eigenvalue weighted by atomic mass is 9.96. The molecule has 2 N–H and O–H groups in total. The summed E-state index contributed by atoms with van der Waals surface area (Å²) in [4.78, 5) is 37.0. The minimum Gasteiger partial charge on any atom is -0.480 e. The number of ether oxygens (including phenoxy) is 2. The Labute approximate surface area is 206 Å². The number of hydrogen-bond acceptors (Lipinski definition) is 5. The van der Waals surface area contributed by atoms with Crippen molar-refractivity contribution in [1.82, 2.24) is 10.2 Å². The van der Waals surface area contributed by atoms with E-state index in [1.54, 1.807) is 0 Å². The number of nitrogens with one attached hydrogen (secondary N) is 1. The van der Waals surface area contributed by atoms with E-state index in [4.69, 9.17) is 14.6 Å². The summed E-state index contributed by atoms with van der Waals surface area (Å²) in [7, 11) is 0. The van der Waals surface area contributed by atoms with Crippen LogP contribution in [0.4, 0.5) is 4.79 Å². The van der Waals surface area contributed by atoms with Crippen LogP contribution in [-0.2, 0) is 19.1 Å². The van der Waals surface area contributed by atoms with E-state index in [1.165, 1.54) is 16.0 Å². The molecular formula is C27H34N2O6. The Hall–Kier alpha value is -3.39. The Morgan fingerprint density at radius 2 is 1.57 bits per heavy atom. The summed E-state index contributed by atoms with van der Waals surface area (Å²) in [5.74, 6) is -1.32. The predicted molar refractivity (Wildman–Crippen MR) is 132 cm³/mol.